The van der Waals surface area contributed by atoms with E-state index in [1.807, 2.05) is 6.92 Å². The number of aromatic hydroxyl groups is 1. The first kappa shape index (κ1) is 12.3. The van der Waals surface area contributed by atoms with Gasteiger partial charge in [0.05, 0.1) is 5.60 Å². The number of aliphatic hydroxyl groups is 1. The van der Waals surface area contributed by atoms with Gasteiger partial charge in [-0.2, -0.15) is 0 Å². The zero-order valence-electron chi connectivity index (χ0n) is 9.91. The molecule has 2 rings (SSSR count). The van der Waals surface area contributed by atoms with Crippen LogP contribution in [0.2, 0.25) is 0 Å². The number of halogens is 1. The third kappa shape index (κ3) is 2.76. The van der Waals surface area contributed by atoms with Crippen LogP contribution < -0.4 is 5.32 Å². The molecule has 1 unspecified atom stereocenters. The molecule has 0 bridgehead atoms. The lowest BCUT2D eigenvalue weighted by molar-refractivity contribution is -0.0329. The Morgan fingerprint density at radius 1 is 1.47 bits per heavy atom. The molecule has 1 atom stereocenters. The SMILES string of the molecule is CC(NCC1(O)CCC1)c1cc(F)ccc1O. The van der Waals surface area contributed by atoms with Gasteiger partial charge in [0.2, 0.25) is 0 Å². The molecule has 1 saturated carbocycles. The fourth-order valence-electron chi connectivity index (χ4n) is 2.09. The molecule has 3 nitrogen and oxygen atoms in total. The van der Waals surface area contributed by atoms with Gasteiger partial charge >= 0.3 is 0 Å². The topological polar surface area (TPSA) is 52.5 Å². The molecule has 1 fully saturated rings. The Labute approximate surface area is 100 Å². The summed E-state index contributed by atoms with van der Waals surface area (Å²) < 4.78 is 13.1. The summed E-state index contributed by atoms with van der Waals surface area (Å²) in [4.78, 5) is 0. The van der Waals surface area contributed by atoms with Gasteiger partial charge in [-0.15, -0.1) is 0 Å². The van der Waals surface area contributed by atoms with Crippen LogP contribution in [-0.2, 0) is 0 Å². The summed E-state index contributed by atoms with van der Waals surface area (Å²) in [5.41, 5.74) is -0.0927. The van der Waals surface area contributed by atoms with E-state index in [2.05, 4.69) is 5.32 Å². The Bertz CT molecular complexity index is 404. The summed E-state index contributed by atoms with van der Waals surface area (Å²) in [6.07, 6.45) is 2.67. The molecule has 4 heteroatoms. The standard InChI is InChI=1S/C13H18FNO2/c1-9(15-8-13(17)5-2-6-13)11-7-10(14)3-4-12(11)16/h3-4,7,9,15-17H,2,5-6,8H2,1H3. The molecule has 3 N–H and O–H groups in total. The van der Waals surface area contributed by atoms with Gasteiger partial charge in [-0.1, -0.05) is 0 Å². The number of phenols is 1. The fraction of sp³-hybridized carbons (Fsp3) is 0.538. The van der Waals surface area contributed by atoms with Crippen molar-refractivity contribution in [3.05, 3.63) is 29.6 Å². The maximum absolute atomic E-state index is 13.1. The minimum atomic E-state index is -0.614. The molecular formula is C13H18FNO2. The van der Waals surface area contributed by atoms with E-state index in [-0.39, 0.29) is 17.6 Å². The smallest absolute Gasteiger partial charge is 0.123 e. The predicted molar refractivity (Wildman–Crippen MR) is 63.3 cm³/mol. The van der Waals surface area contributed by atoms with Crippen molar-refractivity contribution in [2.75, 3.05) is 6.54 Å². The van der Waals surface area contributed by atoms with Crippen LogP contribution in [0, 0.1) is 5.82 Å². The van der Waals surface area contributed by atoms with Gasteiger partial charge in [-0.25, -0.2) is 4.39 Å². The lowest BCUT2D eigenvalue weighted by Crippen LogP contribution is -2.46. The highest BCUT2D eigenvalue weighted by Gasteiger charge is 2.34. The van der Waals surface area contributed by atoms with Gasteiger partial charge in [-0.3, -0.25) is 0 Å². The van der Waals surface area contributed by atoms with Crippen molar-refractivity contribution in [3.63, 3.8) is 0 Å². The van der Waals surface area contributed by atoms with E-state index in [4.69, 9.17) is 0 Å². The highest BCUT2D eigenvalue weighted by atomic mass is 19.1. The van der Waals surface area contributed by atoms with Gasteiger partial charge < -0.3 is 15.5 Å². The molecule has 1 aliphatic carbocycles. The van der Waals surface area contributed by atoms with Crippen LogP contribution in [0.1, 0.15) is 37.8 Å². The van der Waals surface area contributed by atoms with E-state index in [1.54, 1.807) is 0 Å². The van der Waals surface area contributed by atoms with E-state index in [9.17, 15) is 14.6 Å². The number of phenolic OH excluding ortho intramolecular Hbond substituents is 1. The first-order valence-corrected chi connectivity index (χ1v) is 5.94. The van der Waals surface area contributed by atoms with E-state index in [1.165, 1.54) is 18.2 Å². The number of nitrogens with one attached hydrogen (secondary N) is 1. The molecule has 94 valence electrons. The molecule has 17 heavy (non-hydrogen) atoms. The van der Waals surface area contributed by atoms with Crippen molar-refractivity contribution in [2.45, 2.75) is 37.8 Å². The minimum Gasteiger partial charge on any atom is -0.508 e. The van der Waals surface area contributed by atoms with Crippen LogP contribution in [0.25, 0.3) is 0 Å². The third-order valence-electron chi connectivity index (χ3n) is 3.48. The van der Waals surface area contributed by atoms with Crippen molar-refractivity contribution in [1.29, 1.82) is 0 Å². The van der Waals surface area contributed by atoms with Crippen LogP contribution in [-0.4, -0.2) is 22.4 Å². The lowest BCUT2D eigenvalue weighted by Gasteiger charge is -2.37. The summed E-state index contributed by atoms with van der Waals surface area (Å²) >= 11 is 0. The molecule has 0 radical (unpaired) electrons. The maximum Gasteiger partial charge on any atom is 0.123 e. The van der Waals surface area contributed by atoms with Crippen LogP contribution >= 0.6 is 0 Å². The van der Waals surface area contributed by atoms with Crippen molar-refractivity contribution in [2.24, 2.45) is 0 Å². The fourth-order valence-corrected chi connectivity index (χ4v) is 2.09. The van der Waals surface area contributed by atoms with Crippen LogP contribution in [0.3, 0.4) is 0 Å². The van der Waals surface area contributed by atoms with Gasteiger partial charge in [0.15, 0.2) is 0 Å². The highest BCUT2D eigenvalue weighted by molar-refractivity contribution is 5.34. The Balaban J connectivity index is 1.99. The monoisotopic (exact) mass is 239 g/mol. The van der Waals surface area contributed by atoms with Crippen molar-refractivity contribution in [3.8, 4) is 5.75 Å². The summed E-state index contributed by atoms with van der Waals surface area (Å²) in [6.45, 7) is 2.32. The Hall–Kier alpha value is -1.13. The number of hydrogen-bond donors (Lipinski definition) is 3. The second-order valence-electron chi connectivity index (χ2n) is 4.88. The van der Waals surface area contributed by atoms with Crippen molar-refractivity contribution in [1.82, 2.24) is 5.32 Å². The molecule has 1 aliphatic rings. The molecule has 0 aromatic heterocycles. The molecule has 0 amide bonds. The summed E-state index contributed by atoms with van der Waals surface area (Å²) in [5.74, 6) is -0.291. The Kier molecular flexibility index (Phi) is 3.35. The van der Waals surface area contributed by atoms with Gasteiger partial charge in [0.25, 0.3) is 0 Å². The summed E-state index contributed by atoms with van der Waals surface area (Å²) in [6, 6.07) is 3.71. The normalized spacial score (nSPS) is 19.7. The molecule has 1 aromatic carbocycles. The largest absolute Gasteiger partial charge is 0.508 e. The Morgan fingerprint density at radius 2 is 2.18 bits per heavy atom. The maximum atomic E-state index is 13.1. The third-order valence-corrected chi connectivity index (χ3v) is 3.48. The van der Waals surface area contributed by atoms with Gasteiger partial charge in [-0.05, 0) is 44.4 Å². The first-order chi connectivity index (χ1) is 8.00. The molecule has 0 aliphatic heterocycles. The molecule has 0 spiro atoms. The quantitative estimate of drug-likeness (QED) is 0.754. The van der Waals surface area contributed by atoms with E-state index in [0.717, 1.165) is 19.3 Å². The first-order valence-electron chi connectivity index (χ1n) is 5.94. The van der Waals surface area contributed by atoms with E-state index in [0.29, 0.717) is 12.1 Å². The zero-order chi connectivity index (χ0) is 12.5. The van der Waals surface area contributed by atoms with Crippen molar-refractivity contribution < 1.29 is 14.6 Å². The second kappa shape index (κ2) is 4.63. The molecular weight excluding hydrogens is 221 g/mol. The van der Waals surface area contributed by atoms with Crippen molar-refractivity contribution >= 4 is 0 Å². The molecule has 0 saturated heterocycles. The Morgan fingerprint density at radius 3 is 2.76 bits per heavy atom. The molecule has 1 aromatic rings. The van der Waals surface area contributed by atoms with Gasteiger partial charge in [0, 0.05) is 18.2 Å². The van der Waals surface area contributed by atoms with Gasteiger partial charge in [0.1, 0.15) is 11.6 Å². The summed E-state index contributed by atoms with van der Waals surface area (Å²) in [5, 5.41) is 22.7. The van der Waals surface area contributed by atoms with E-state index < -0.39 is 5.60 Å². The zero-order valence-corrected chi connectivity index (χ0v) is 9.91. The predicted octanol–water partition coefficient (Wildman–Crippen LogP) is 2.10. The van der Waals surface area contributed by atoms with E-state index >= 15 is 0 Å². The molecule has 0 heterocycles. The van der Waals surface area contributed by atoms with Crippen LogP contribution in [0.4, 0.5) is 4.39 Å². The number of benzene rings is 1. The summed E-state index contributed by atoms with van der Waals surface area (Å²) in [7, 11) is 0. The van der Waals surface area contributed by atoms with Crippen LogP contribution in [0.5, 0.6) is 5.75 Å². The average Bonchev–Trinajstić information content (AvgIpc) is 2.26. The number of rotatable bonds is 4. The highest BCUT2D eigenvalue weighted by Crippen LogP contribution is 2.32. The lowest BCUT2D eigenvalue weighted by atomic mass is 9.80. The van der Waals surface area contributed by atoms with Crippen LogP contribution in [0.15, 0.2) is 18.2 Å². The number of hydrogen-bond acceptors (Lipinski definition) is 3. The average molecular weight is 239 g/mol. The minimum absolute atomic E-state index is 0.0759. The second-order valence-corrected chi connectivity index (χ2v) is 4.88.